The van der Waals surface area contributed by atoms with Crippen molar-refractivity contribution < 1.29 is 8.78 Å². The van der Waals surface area contributed by atoms with E-state index in [1.165, 1.54) is 11.1 Å². The minimum absolute atomic E-state index is 0.0660. The molecule has 0 radical (unpaired) electrons. The van der Waals surface area contributed by atoms with Crippen molar-refractivity contribution in [3.8, 4) is 0 Å². The van der Waals surface area contributed by atoms with Crippen molar-refractivity contribution in [2.75, 3.05) is 18.0 Å². The van der Waals surface area contributed by atoms with Crippen LogP contribution < -0.4 is 10.6 Å². The van der Waals surface area contributed by atoms with Crippen molar-refractivity contribution in [1.82, 2.24) is 0 Å². The Labute approximate surface area is 148 Å². The Morgan fingerprint density at radius 3 is 2.32 bits per heavy atom. The molecule has 3 rings (SSSR count). The predicted octanol–water partition coefficient (Wildman–Crippen LogP) is 4.58. The highest BCUT2D eigenvalue weighted by molar-refractivity contribution is 5.49. The Balaban J connectivity index is 1.84. The van der Waals surface area contributed by atoms with Crippen molar-refractivity contribution in [2.24, 2.45) is 5.73 Å². The smallest absolute Gasteiger partial charge is 0.182 e. The fraction of sp³-hybridized carbons (Fsp3) is 0.429. The van der Waals surface area contributed by atoms with E-state index in [0.717, 1.165) is 12.5 Å². The van der Waals surface area contributed by atoms with Gasteiger partial charge in [-0.25, -0.2) is 8.78 Å². The van der Waals surface area contributed by atoms with Crippen LogP contribution in [0.3, 0.4) is 0 Å². The summed E-state index contributed by atoms with van der Waals surface area (Å²) in [5.74, 6) is -1.40. The van der Waals surface area contributed by atoms with Crippen molar-refractivity contribution in [3.05, 3.63) is 65.2 Å². The van der Waals surface area contributed by atoms with Gasteiger partial charge in [-0.3, -0.25) is 0 Å². The molecular formula is C21H26F2N2. The third-order valence-electron chi connectivity index (χ3n) is 5.00. The largest absolute Gasteiger partial charge is 0.367 e. The number of anilines is 1. The van der Waals surface area contributed by atoms with Gasteiger partial charge in [0.1, 0.15) is 0 Å². The summed E-state index contributed by atoms with van der Waals surface area (Å²) < 4.78 is 27.7. The number of rotatable bonds is 2. The first-order chi connectivity index (χ1) is 11.8. The van der Waals surface area contributed by atoms with Gasteiger partial charge in [-0.05, 0) is 35.1 Å². The van der Waals surface area contributed by atoms with Crippen LogP contribution in [0.15, 0.2) is 42.5 Å². The normalized spacial score (nSPS) is 21.4. The van der Waals surface area contributed by atoms with Crippen LogP contribution in [0.25, 0.3) is 0 Å². The molecule has 134 valence electrons. The van der Waals surface area contributed by atoms with E-state index < -0.39 is 11.6 Å². The molecule has 0 saturated carbocycles. The van der Waals surface area contributed by atoms with Gasteiger partial charge in [-0.15, -0.1) is 0 Å². The van der Waals surface area contributed by atoms with Crippen molar-refractivity contribution in [3.63, 3.8) is 0 Å². The Kier molecular flexibility index (Phi) is 4.83. The van der Waals surface area contributed by atoms with E-state index in [9.17, 15) is 8.78 Å². The van der Waals surface area contributed by atoms with E-state index in [0.29, 0.717) is 18.8 Å². The third kappa shape index (κ3) is 3.84. The first-order valence-corrected chi connectivity index (χ1v) is 8.80. The molecule has 25 heavy (non-hydrogen) atoms. The lowest BCUT2D eigenvalue weighted by Crippen LogP contribution is -2.46. The van der Waals surface area contributed by atoms with Crippen molar-refractivity contribution >= 4 is 5.69 Å². The Hall–Kier alpha value is -1.94. The number of halogens is 2. The summed E-state index contributed by atoms with van der Waals surface area (Å²) in [4.78, 5) is 1.87. The van der Waals surface area contributed by atoms with E-state index in [4.69, 9.17) is 5.73 Å². The molecule has 0 aliphatic carbocycles. The fourth-order valence-electron chi connectivity index (χ4n) is 3.57. The van der Waals surface area contributed by atoms with Crippen LogP contribution in [0.2, 0.25) is 0 Å². The highest BCUT2D eigenvalue weighted by Crippen LogP contribution is 2.32. The average Bonchev–Trinajstić information content (AvgIpc) is 2.56. The number of hydrogen-bond acceptors (Lipinski definition) is 2. The summed E-state index contributed by atoms with van der Waals surface area (Å²) in [5.41, 5.74) is 9.11. The minimum atomic E-state index is -0.817. The fourth-order valence-corrected chi connectivity index (χ4v) is 3.57. The predicted molar refractivity (Wildman–Crippen MR) is 99.0 cm³/mol. The lowest BCUT2D eigenvalue weighted by Gasteiger charge is -2.38. The van der Waals surface area contributed by atoms with Gasteiger partial charge in [0.05, 0.1) is 5.69 Å². The molecule has 4 heteroatoms. The zero-order valence-corrected chi connectivity index (χ0v) is 15.1. The SMILES string of the molecule is CC(C)(C)c1ccc(C2CC(N)CN(c3cccc(F)c3F)C2)cc1. The first-order valence-electron chi connectivity index (χ1n) is 8.80. The maximum absolute atomic E-state index is 14.2. The van der Waals surface area contributed by atoms with E-state index in [1.807, 2.05) is 4.90 Å². The van der Waals surface area contributed by atoms with Gasteiger partial charge in [0.2, 0.25) is 0 Å². The van der Waals surface area contributed by atoms with Crippen LogP contribution in [0.5, 0.6) is 0 Å². The van der Waals surface area contributed by atoms with E-state index >= 15 is 0 Å². The monoisotopic (exact) mass is 344 g/mol. The second-order valence-electron chi connectivity index (χ2n) is 8.04. The van der Waals surface area contributed by atoms with E-state index in [-0.39, 0.29) is 17.4 Å². The average molecular weight is 344 g/mol. The number of nitrogens with two attached hydrogens (primary N) is 1. The maximum atomic E-state index is 14.2. The lowest BCUT2D eigenvalue weighted by molar-refractivity contribution is 0.442. The first kappa shape index (κ1) is 17.9. The van der Waals surface area contributed by atoms with Gasteiger partial charge in [-0.2, -0.15) is 0 Å². The Bertz CT molecular complexity index is 735. The molecular weight excluding hydrogens is 318 g/mol. The number of nitrogens with zero attached hydrogens (tertiary/aromatic N) is 1. The van der Waals surface area contributed by atoms with Crippen LogP contribution in [-0.2, 0) is 5.41 Å². The highest BCUT2D eigenvalue weighted by Gasteiger charge is 2.28. The maximum Gasteiger partial charge on any atom is 0.182 e. The summed E-state index contributed by atoms with van der Waals surface area (Å²) >= 11 is 0. The molecule has 0 aromatic heterocycles. The molecule has 1 aliphatic rings. The summed E-state index contributed by atoms with van der Waals surface area (Å²) in [6.45, 7) is 7.74. The van der Waals surface area contributed by atoms with E-state index in [2.05, 4.69) is 45.0 Å². The Morgan fingerprint density at radius 2 is 1.68 bits per heavy atom. The zero-order valence-electron chi connectivity index (χ0n) is 15.1. The standard InChI is InChI=1S/C21H26F2N2/c1-21(2,3)16-9-7-14(8-10-16)15-11-17(24)13-25(12-15)19-6-4-5-18(22)20(19)23/h4-10,15,17H,11-13,24H2,1-3H3. The van der Waals surface area contributed by atoms with Crippen LogP contribution in [-0.4, -0.2) is 19.1 Å². The van der Waals surface area contributed by atoms with Crippen molar-refractivity contribution in [2.45, 2.75) is 44.6 Å². The molecule has 0 spiro atoms. The van der Waals surface area contributed by atoms with Crippen molar-refractivity contribution in [1.29, 1.82) is 0 Å². The van der Waals surface area contributed by atoms with Crippen LogP contribution >= 0.6 is 0 Å². The van der Waals surface area contributed by atoms with Gasteiger partial charge < -0.3 is 10.6 Å². The second kappa shape index (κ2) is 6.75. The van der Waals surface area contributed by atoms with Crippen LogP contribution in [0, 0.1) is 11.6 Å². The summed E-state index contributed by atoms with van der Waals surface area (Å²) in [5, 5.41) is 0. The summed E-state index contributed by atoms with van der Waals surface area (Å²) in [6.07, 6.45) is 0.850. The van der Waals surface area contributed by atoms with Gasteiger partial charge in [0, 0.05) is 25.0 Å². The molecule has 1 fully saturated rings. The minimum Gasteiger partial charge on any atom is -0.367 e. The molecule has 2 N–H and O–H groups in total. The third-order valence-corrected chi connectivity index (χ3v) is 5.00. The number of benzene rings is 2. The number of piperidine rings is 1. The molecule has 2 nitrogen and oxygen atoms in total. The quantitative estimate of drug-likeness (QED) is 0.864. The zero-order chi connectivity index (χ0) is 18.2. The van der Waals surface area contributed by atoms with Gasteiger partial charge in [0.25, 0.3) is 0 Å². The molecule has 1 saturated heterocycles. The molecule has 2 unspecified atom stereocenters. The molecule has 2 atom stereocenters. The van der Waals surface area contributed by atoms with Gasteiger partial charge >= 0.3 is 0 Å². The number of hydrogen-bond donors (Lipinski definition) is 1. The molecule has 0 amide bonds. The molecule has 0 bridgehead atoms. The Morgan fingerprint density at radius 1 is 1.00 bits per heavy atom. The molecule has 2 aromatic rings. The second-order valence-corrected chi connectivity index (χ2v) is 8.04. The summed E-state index contributed by atoms with van der Waals surface area (Å²) in [7, 11) is 0. The van der Waals surface area contributed by atoms with Crippen LogP contribution in [0.4, 0.5) is 14.5 Å². The van der Waals surface area contributed by atoms with E-state index in [1.54, 1.807) is 12.1 Å². The molecule has 1 heterocycles. The van der Waals surface area contributed by atoms with Crippen LogP contribution in [0.1, 0.15) is 44.2 Å². The van der Waals surface area contributed by atoms with Gasteiger partial charge in [-0.1, -0.05) is 51.1 Å². The topological polar surface area (TPSA) is 29.3 Å². The molecule has 1 aliphatic heterocycles. The van der Waals surface area contributed by atoms with Gasteiger partial charge in [0.15, 0.2) is 11.6 Å². The highest BCUT2D eigenvalue weighted by atomic mass is 19.2. The lowest BCUT2D eigenvalue weighted by atomic mass is 9.83. The summed E-state index contributed by atoms with van der Waals surface area (Å²) in [6, 6.07) is 12.8. The molecule has 2 aromatic carbocycles.